The first-order valence-electron chi connectivity index (χ1n) is 4.73. The summed E-state index contributed by atoms with van der Waals surface area (Å²) >= 11 is 0. The highest BCUT2D eigenvalue weighted by Gasteiger charge is 2.09. The van der Waals surface area contributed by atoms with Crippen molar-refractivity contribution in [2.45, 2.75) is 32.6 Å². The number of hydrogen-bond acceptors (Lipinski definition) is 2. The van der Waals surface area contributed by atoms with Gasteiger partial charge < -0.3 is 10.8 Å². The van der Waals surface area contributed by atoms with Gasteiger partial charge in [-0.3, -0.25) is 0 Å². The van der Waals surface area contributed by atoms with E-state index in [0.29, 0.717) is 11.7 Å². The molecule has 2 heteroatoms. The summed E-state index contributed by atoms with van der Waals surface area (Å²) in [7, 11) is 0. The number of benzene rings is 1. The van der Waals surface area contributed by atoms with Crippen molar-refractivity contribution in [3.8, 4) is 5.75 Å². The molecule has 13 heavy (non-hydrogen) atoms. The third-order valence-corrected chi connectivity index (χ3v) is 2.30. The minimum absolute atomic E-state index is 0.357. The van der Waals surface area contributed by atoms with Crippen LogP contribution >= 0.6 is 0 Å². The summed E-state index contributed by atoms with van der Waals surface area (Å²) in [5.74, 6) is 0.739. The Kier molecular flexibility index (Phi) is 3.18. The van der Waals surface area contributed by atoms with Crippen molar-refractivity contribution in [2.24, 2.45) is 0 Å². The molecule has 1 unspecified atom stereocenters. The van der Waals surface area contributed by atoms with Crippen LogP contribution in [0.25, 0.3) is 0 Å². The maximum absolute atomic E-state index is 9.58. The Morgan fingerprint density at radius 3 is 2.77 bits per heavy atom. The fourth-order valence-corrected chi connectivity index (χ4v) is 1.56. The zero-order chi connectivity index (χ0) is 9.84. The van der Waals surface area contributed by atoms with Gasteiger partial charge in [-0.25, -0.2) is 0 Å². The van der Waals surface area contributed by atoms with Gasteiger partial charge >= 0.3 is 0 Å². The molecule has 0 radical (unpaired) electrons. The number of aromatic hydroxyl groups is 1. The molecule has 0 aliphatic carbocycles. The van der Waals surface area contributed by atoms with Crippen molar-refractivity contribution in [3.05, 3.63) is 23.8 Å². The third kappa shape index (κ3) is 2.38. The van der Waals surface area contributed by atoms with Crippen molar-refractivity contribution in [1.29, 1.82) is 0 Å². The van der Waals surface area contributed by atoms with Crippen LogP contribution in [-0.2, 0) is 0 Å². The van der Waals surface area contributed by atoms with E-state index in [1.54, 1.807) is 12.1 Å². The molecule has 1 aromatic rings. The van der Waals surface area contributed by atoms with E-state index in [4.69, 9.17) is 5.73 Å². The number of hydrogen-bond donors (Lipinski definition) is 2. The van der Waals surface area contributed by atoms with Gasteiger partial charge in [-0.15, -0.1) is 0 Å². The average molecular weight is 179 g/mol. The molecule has 0 fully saturated rings. The number of rotatable bonds is 3. The normalized spacial score (nSPS) is 12.8. The van der Waals surface area contributed by atoms with Crippen molar-refractivity contribution in [3.63, 3.8) is 0 Å². The van der Waals surface area contributed by atoms with E-state index in [9.17, 15) is 5.11 Å². The second kappa shape index (κ2) is 4.17. The van der Waals surface area contributed by atoms with E-state index in [2.05, 4.69) is 13.8 Å². The average Bonchev–Trinajstić information content (AvgIpc) is 2.09. The molecule has 0 amide bonds. The highest BCUT2D eigenvalue weighted by molar-refractivity contribution is 5.48. The van der Waals surface area contributed by atoms with Crippen LogP contribution in [0.15, 0.2) is 18.2 Å². The molecule has 1 rings (SSSR count). The number of nitrogen functional groups attached to an aromatic ring is 1. The highest BCUT2D eigenvalue weighted by Crippen LogP contribution is 2.30. The van der Waals surface area contributed by atoms with Gasteiger partial charge in [0, 0.05) is 5.69 Å². The second-order valence-electron chi connectivity index (χ2n) is 3.51. The topological polar surface area (TPSA) is 46.2 Å². The molecule has 0 saturated heterocycles. The van der Waals surface area contributed by atoms with E-state index in [-0.39, 0.29) is 0 Å². The second-order valence-corrected chi connectivity index (χ2v) is 3.51. The van der Waals surface area contributed by atoms with E-state index in [1.807, 2.05) is 6.07 Å². The smallest absolute Gasteiger partial charge is 0.119 e. The molecular weight excluding hydrogens is 162 g/mol. The molecule has 0 saturated carbocycles. The Morgan fingerprint density at radius 1 is 1.46 bits per heavy atom. The lowest BCUT2D eigenvalue weighted by atomic mass is 9.95. The minimum atomic E-state index is 0.357. The van der Waals surface area contributed by atoms with Crippen molar-refractivity contribution in [2.75, 3.05) is 5.73 Å². The lowest BCUT2D eigenvalue weighted by Gasteiger charge is -2.12. The maximum Gasteiger partial charge on any atom is 0.119 e. The van der Waals surface area contributed by atoms with E-state index < -0.39 is 0 Å². The fourth-order valence-electron chi connectivity index (χ4n) is 1.56. The first-order valence-corrected chi connectivity index (χ1v) is 4.73. The van der Waals surface area contributed by atoms with E-state index in [0.717, 1.165) is 24.1 Å². The number of nitrogens with two attached hydrogens (primary N) is 1. The Hall–Kier alpha value is -1.18. The molecule has 72 valence electrons. The van der Waals surface area contributed by atoms with Gasteiger partial charge in [0.05, 0.1) is 0 Å². The largest absolute Gasteiger partial charge is 0.508 e. The predicted octanol–water partition coefficient (Wildman–Crippen LogP) is 2.88. The SMILES string of the molecule is CCCC(C)c1cc(N)ccc1O. The number of phenols is 1. The van der Waals surface area contributed by atoms with Crippen molar-refractivity contribution in [1.82, 2.24) is 0 Å². The quantitative estimate of drug-likeness (QED) is 0.553. The summed E-state index contributed by atoms with van der Waals surface area (Å²) in [5.41, 5.74) is 7.33. The first kappa shape index (κ1) is 9.90. The molecule has 0 aliphatic rings. The van der Waals surface area contributed by atoms with Crippen molar-refractivity contribution >= 4 is 5.69 Å². The van der Waals surface area contributed by atoms with Crippen LogP contribution < -0.4 is 5.73 Å². The molecule has 0 spiro atoms. The third-order valence-electron chi connectivity index (χ3n) is 2.30. The minimum Gasteiger partial charge on any atom is -0.508 e. The lowest BCUT2D eigenvalue weighted by Crippen LogP contribution is -1.95. The summed E-state index contributed by atoms with van der Waals surface area (Å²) in [5, 5.41) is 9.58. The van der Waals surface area contributed by atoms with Crippen LogP contribution in [0.1, 0.15) is 38.2 Å². The Morgan fingerprint density at radius 2 is 2.15 bits per heavy atom. The summed E-state index contributed by atoms with van der Waals surface area (Å²) in [4.78, 5) is 0. The van der Waals surface area contributed by atoms with Gasteiger partial charge in [0.1, 0.15) is 5.75 Å². The van der Waals surface area contributed by atoms with Crippen molar-refractivity contribution < 1.29 is 5.11 Å². The molecule has 0 aliphatic heterocycles. The molecule has 0 bridgehead atoms. The molecule has 2 nitrogen and oxygen atoms in total. The molecule has 0 aromatic heterocycles. The monoisotopic (exact) mass is 179 g/mol. The lowest BCUT2D eigenvalue weighted by molar-refractivity contribution is 0.460. The van der Waals surface area contributed by atoms with Gasteiger partial charge in [0.25, 0.3) is 0 Å². The summed E-state index contributed by atoms with van der Waals surface area (Å²) < 4.78 is 0. The zero-order valence-electron chi connectivity index (χ0n) is 8.25. The molecular formula is C11H17NO. The van der Waals surface area contributed by atoms with Crippen LogP contribution in [0.2, 0.25) is 0 Å². The molecule has 0 heterocycles. The highest BCUT2D eigenvalue weighted by atomic mass is 16.3. The van der Waals surface area contributed by atoms with Crippen LogP contribution in [0.4, 0.5) is 5.69 Å². The van der Waals surface area contributed by atoms with Crippen LogP contribution in [-0.4, -0.2) is 5.11 Å². The summed E-state index contributed by atoms with van der Waals surface area (Å²) in [6, 6.07) is 5.24. The predicted molar refractivity (Wildman–Crippen MR) is 55.8 cm³/mol. The first-order chi connectivity index (χ1) is 6.15. The number of anilines is 1. The van der Waals surface area contributed by atoms with Crippen LogP contribution in [0.3, 0.4) is 0 Å². The van der Waals surface area contributed by atoms with Crippen LogP contribution in [0.5, 0.6) is 5.75 Å². The van der Waals surface area contributed by atoms with Gasteiger partial charge in [0.2, 0.25) is 0 Å². The zero-order valence-corrected chi connectivity index (χ0v) is 8.25. The Bertz CT molecular complexity index is 283. The molecule has 1 aromatic carbocycles. The van der Waals surface area contributed by atoms with Gasteiger partial charge in [-0.2, -0.15) is 0 Å². The van der Waals surface area contributed by atoms with Gasteiger partial charge in [-0.1, -0.05) is 20.3 Å². The van der Waals surface area contributed by atoms with Crippen LogP contribution in [0, 0.1) is 0 Å². The standard InChI is InChI=1S/C11H17NO/c1-3-4-8(2)10-7-9(12)5-6-11(10)13/h5-8,13H,3-4,12H2,1-2H3. The van der Waals surface area contributed by atoms with Gasteiger partial charge in [0.15, 0.2) is 0 Å². The van der Waals surface area contributed by atoms with E-state index >= 15 is 0 Å². The number of phenolic OH excluding ortho intramolecular Hbond substituents is 1. The van der Waals surface area contributed by atoms with Gasteiger partial charge in [-0.05, 0) is 36.1 Å². The summed E-state index contributed by atoms with van der Waals surface area (Å²) in [6.45, 7) is 4.25. The Balaban J connectivity index is 2.91. The Labute approximate surface area is 79.4 Å². The maximum atomic E-state index is 9.58. The fraction of sp³-hybridized carbons (Fsp3) is 0.455. The molecule has 3 N–H and O–H groups in total. The molecule has 1 atom stereocenters. The summed E-state index contributed by atoms with van der Waals surface area (Å²) in [6.07, 6.45) is 2.20. The van der Waals surface area contributed by atoms with E-state index in [1.165, 1.54) is 0 Å².